The van der Waals surface area contributed by atoms with E-state index in [0.29, 0.717) is 11.5 Å². The Kier molecular flexibility index (Phi) is 3.54. The number of nitriles is 1. The number of rotatable bonds is 3. The Bertz CT molecular complexity index is 741. The largest absolute Gasteiger partial charge is 0.353 e. The quantitative estimate of drug-likeness (QED) is 0.863. The first kappa shape index (κ1) is 13.9. The lowest BCUT2D eigenvalue weighted by atomic mass is 10.2. The van der Waals surface area contributed by atoms with Crippen molar-refractivity contribution in [1.29, 1.82) is 5.26 Å². The van der Waals surface area contributed by atoms with Crippen molar-refractivity contribution < 1.29 is 0 Å². The number of aromatic nitrogens is 3. The van der Waals surface area contributed by atoms with Crippen molar-refractivity contribution in [3.63, 3.8) is 0 Å². The lowest BCUT2D eigenvalue weighted by Gasteiger charge is -2.36. The Morgan fingerprint density at radius 1 is 1.04 bits per heavy atom. The number of piperazine rings is 1. The van der Waals surface area contributed by atoms with E-state index in [0.717, 1.165) is 37.8 Å². The molecule has 4 rings (SSSR count). The minimum atomic E-state index is 0.638. The fourth-order valence-electron chi connectivity index (χ4n) is 3.02. The smallest absolute Gasteiger partial charge is 0.146 e. The van der Waals surface area contributed by atoms with Crippen LogP contribution < -0.4 is 9.80 Å². The first-order chi connectivity index (χ1) is 11.3. The van der Waals surface area contributed by atoms with Crippen molar-refractivity contribution in [3.8, 4) is 6.07 Å². The third kappa shape index (κ3) is 2.82. The van der Waals surface area contributed by atoms with E-state index in [1.165, 1.54) is 18.5 Å². The molecule has 23 heavy (non-hydrogen) atoms. The summed E-state index contributed by atoms with van der Waals surface area (Å²) >= 11 is 0. The van der Waals surface area contributed by atoms with Crippen LogP contribution in [0, 0.1) is 11.3 Å². The number of anilines is 2. The van der Waals surface area contributed by atoms with Gasteiger partial charge in [-0.15, -0.1) is 0 Å². The molecule has 0 atom stereocenters. The van der Waals surface area contributed by atoms with Crippen molar-refractivity contribution in [1.82, 2.24) is 15.0 Å². The maximum Gasteiger partial charge on any atom is 0.146 e. The van der Waals surface area contributed by atoms with E-state index in [1.54, 1.807) is 18.6 Å². The zero-order valence-electron chi connectivity index (χ0n) is 12.9. The molecule has 3 heterocycles. The van der Waals surface area contributed by atoms with Gasteiger partial charge in [0.15, 0.2) is 0 Å². The monoisotopic (exact) mass is 306 g/mol. The maximum atomic E-state index is 9.22. The second kappa shape index (κ2) is 5.84. The zero-order chi connectivity index (χ0) is 15.6. The van der Waals surface area contributed by atoms with E-state index in [9.17, 15) is 5.26 Å². The zero-order valence-corrected chi connectivity index (χ0v) is 12.9. The first-order valence-corrected chi connectivity index (χ1v) is 8.02. The molecule has 116 valence electrons. The highest BCUT2D eigenvalue weighted by atomic mass is 15.3. The van der Waals surface area contributed by atoms with E-state index in [4.69, 9.17) is 0 Å². The Hall–Kier alpha value is -2.68. The summed E-state index contributed by atoms with van der Waals surface area (Å²) in [6.07, 6.45) is 5.93. The van der Waals surface area contributed by atoms with E-state index in [-0.39, 0.29) is 0 Å². The van der Waals surface area contributed by atoms with Crippen LogP contribution in [-0.4, -0.2) is 41.1 Å². The van der Waals surface area contributed by atoms with Crippen LogP contribution in [0.4, 0.5) is 11.6 Å². The van der Waals surface area contributed by atoms with Gasteiger partial charge in [0, 0.05) is 50.1 Å². The van der Waals surface area contributed by atoms with Crippen LogP contribution in [0.25, 0.3) is 0 Å². The summed E-state index contributed by atoms with van der Waals surface area (Å²) in [5.74, 6) is 2.45. The molecule has 0 unspecified atom stereocenters. The van der Waals surface area contributed by atoms with Crippen LogP contribution in [0.3, 0.4) is 0 Å². The molecule has 6 nitrogen and oxygen atoms in total. The maximum absolute atomic E-state index is 9.22. The molecule has 0 aromatic carbocycles. The highest BCUT2D eigenvalue weighted by Gasteiger charge is 2.27. The van der Waals surface area contributed by atoms with Gasteiger partial charge in [-0.25, -0.2) is 15.0 Å². The fourth-order valence-corrected chi connectivity index (χ4v) is 3.02. The van der Waals surface area contributed by atoms with Gasteiger partial charge in [-0.2, -0.15) is 5.26 Å². The predicted octanol–water partition coefficient (Wildman–Crippen LogP) is 1.95. The summed E-state index contributed by atoms with van der Waals surface area (Å²) in [6.45, 7) is 3.44. The summed E-state index contributed by atoms with van der Waals surface area (Å²) in [5.41, 5.74) is 1.81. The van der Waals surface area contributed by atoms with Crippen LogP contribution in [-0.2, 0) is 0 Å². The highest BCUT2D eigenvalue weighted by molar-refractivity contribution is 5.55. The molecule has 0 amide bonds. The van der Waals surface area contributed by atoms with Crippen molar-refractivity contribution in [2.45, 2.75) is 18.8 Å². The molecule has 2 aromatic heterocycles. The van der Waals surface area contributed by atoms with Crippen LogP contribution >= 0.6 is 0 Å². The SMILES string of the molecule is N#Cc1cccnc1N1CCN(c2cc(C3CC3)ncn2)CC1. The molecule has 2 fully saturated rings. The van der Waals surface area contributed by atoms with Crippen molar-refractivity contribution >= 4 is 11.6 Å². The summed E-state index contributed by atoms with van der Waals surface area (Å²) in [6, 6.07) is 7.98. The van der Waals surface area contributed by atoms with E-state index < -0.39 is 0 Å². The number of pyridine rings is 1. The van der Waals surface area contributed by atoms with E-state index in [2.05, 4.69) is 36.9 Å². The Labute approximate surface area is 135 Å². The van der Waals surface area contributed by atoms with Crippen molar-refractivity contribution in [2.75, 3.05) is 36.0 Å². The molecule has 0 bridgehead atoms. The highest BCUT2D eigenvalue weighted by Crippen LogP contribution is 2.39. The van der Waals surface area contributed by atoms with Crippen molar-refractivity contribution in [2.24, 2.45) is 0 Å². The molecule has 1 saturated carbocycles. The van der Waals surface area contributed by atoms with Crippen LogP contribution in [0.1, 0.15) is 30.0 Å². The molecule has 6 heteroatoms. The van der Waals surface area contributed by atoms with Crippen molar-refractivity contribution in [3.05, 3.63) is 42.0 Å². The van der Waals surface area contributed by atoms with Gasteiger partial charge in [0.25, 0.3) is 0 Å². The number of hydrogen-bond donors (Lipinski definition) is 0. The van der Waals surface area contributed by atoms with Gasteiger partial charge in [-0.05, 0) is 25.0 Å². The molecular formula is C17H18N6. The Morgan fingerprint density at radius 2 is 1.83 bits per heavy atom. The summed E-state index contributed by atoms with van der Waals surface area (Å²) in [5, 5.41) is 9.22. The fraction of sp³-hybridized carbons (Fsp3) is 0.412. The van der Waals surface area contributed by atoms with Gasteiger partial charge >= 0.3 is 0 Å². The molecular weight excluding hydrogens is 288 g/mol. The molecule has 0 radical (unpaired) electrons. The lowest BCUT2D eigenvalue weighted by Crippen LogP contribution is -2.47. The topological polar surface area (TPSA) is 68.9 Å². The summed E-state index contributed by atoms with van der Waals surface area (Å²) < 4.78 is 0. The Balaban J connectivity index is 1.47. The van der Waals surface area contributed by atoms with E-state index >= 15 is 0 Å². The minimum Gasteiger partial charge on any atom is -0.353 e. The standard InChI is InChI=1S/C17H18N6/c18-11-14-2-1-5-19-17(14)23-8-6-22(7-9-23)16-10-15(13-3-4-13)20-12-21-16/h1-2,5,10,12-13H,3-4,6-9H2. The van der Waals surface area contributed by atoms with Crippen LogP contribution in [0.5, 0.6) is 0 Å². The van der Waals surface area contributed by atoms with Crippen LogP contribution in [0.2, 0.25) is 0 Å². The van der Waals surface area contributed by atoms with Gasteiger partial charge in [-0.1, -0.05) is 0 Å². The van der Waals surface area contributed by atoms with Gasteiger partial charge in [0.2, 0.25) is 0 Å². The first-order valence-electron chi connectivity index (χ1n) is 8.02. The van der Waals surface area contributed by atoms with Gasteiger partial charge < -0.3 is 9.80 Å². The average Bonchev–Trinajstić information content (AvgIpc) is 3.47. The average molecular weight is 306 g/mol. The molecule has 1 aliphatic heterocycles. The normalized spacial score (nSPS) is 17.9. The second-order valence-electron chi connectivity index (χ2n) is 6.04. The van der Waals surface area contributed by atoms with Gasteiger partial charge in [0.05, 0.1) is 5.56 Å². The Morgan fingerprint density at radius 3 is 2.57 bits per heavy atom. The molecule has 0 N–H and O–H groups in total. The number of nitrogens with zero attached hydrogens (tertiary/aromatic N) is 6. The van der Waals surface area contributed by atoms with E-state index in [1.807, 2.05) is 6.07 Å². The van der Waals surface area contributed by atoms with Gasteiger partial charge in [0.1, 0.15) is 24.0 Å². The minimum absolute atomic E-state index is 0.638. The second-order valence-corrected chi connectivity index (χ2v) is 6.04. The molecule has 0 spiro atoms. The third-order valence-corrected chi connectivity index (χ3v) is 4.48. The van der Waals surface area contributed by atoms with Gasteiger partial charge in [-0.3, -0.25) is 0 Å². The third-order valence-electron chi connectivity index (χ3n) is 4.48. The molecule has 1 saturated heterocycles. The molecule has 2 aliphatic rings. The molecule has 2 aromatic rings. The lowest BCUT2D eigenvalue weighted by molar-refractivity contribution is 0.639. The molecule has 1 aliphatic carbocycles. The predicted molar refractivity (Wildman–Crippen MR) is 87.4 cm³/mol. The summed E-state index contributed by atoms with van der Waals surface area (Å²) in [7, 11) is 0. The number of hydrogen-bond acceptors (Lipinski definition) is 6. The van der Waals surface area contributed by atoms with Crippen LogP contribution in [0.15, 0.2) is 30.7 Å². The summed E-state index contributed by atoms with van der Waals surface area (Å²) in [4.78, 5) is 17.7.